The van der Waals surface area contributed by atoms with E-state index in [1.165, 1.54) is 57.4 Å². The number of hydrogen-bond acceptors (Lipinski definition) is 11. The van der Waals surface area contributed by atoms with Crippen LogP contribution in [0.1, 0.15) is 162 Å². The molecule has 8 atom stereocenters. The maximum atomic E-state index is 13.0. The van der Waals surface area contributed by atoms with E-state index in [-0.39, 0.29) is 6.42 Å². The van der Waals surface area contributed by atoms with Crippen molar-refractivity contribution < 1.29 is 57.0 Å². The third-order valence-corrected chi connectivity index (χ3v) is 10.3. The van der Waals surface area contributed by atoms with Crippen LogP contribution in [0.15, 0.2) is 24.3 Å². The molecule has 1 amide bonds. The molecule has 0 saturated carbocycles. The molecule has 7 N–H and O–H groups in total. The van der Waals surface area contributed by atoms with Crippen LogP contribution in [-0.2, 0) is 28.9 Å². The molecule has 1 aliphatic rings. The molecule has 0 radical (unpaired) electrons. The molecular formula is C40H75NO12S. The van der Waals surface area contributed by atoms with Gasteiger partial charge in [-0.3, -0.25) is 9.35 Å². The number of amides is 1. The minimum Gasteiger partial charge on any atom is -0.394 e. The zero-order valence-electron chi connectivity index (χ0n) is 33.1. The number of aliphatic hydroxyl groups is 5. The molecule has 14 heteroatoms. The molecule has 0 aromatic carbocycles. The van der Waals surface area contributed by atoms with Crippen molar-refractivity contribution in [2.24, 2.45) is 0 Å². The first-order valence-corrected chi connectivity index (χ1v) is 22.2. The summed E-state index contributed by atoms with van der Waals surface area (Å²) in [4.78, 5) is 13.0. The lowest BCUT2D eigenvalue weighted by Gasteiger charge is -2.41. The summed E-state index contributed by atoms with van der Waals surface area (Å²) in [6, 6.07) is -1.12. The number of rotatable bonds is 34. The molecule has 0 bridgehead atoms. The summed E-state index contributed by atoms with van der Waals surface area (Å²) in [6.07, 6.45) is 21.6. The Hall–Kier alpha value is -1.46. The van der Waals surface area contributed by atoms with Gasteiger partial charge >= 0.3 is 10.4 Å². The fourth-order valence-corrected chi connectivity index (χ4v) is 6.96. The third-order valence-electron chi connectivity index (χ3n) is 9.83. The monoisotopic (exact) mass is 794 g/mol. The Labute approximate surface area is 325 Å². The van der Waals surface area contributed by atoms with E-state index in [2.05, 4.69) is 35.5 Å². The van der Waals surface area contributed by atoms with Gasteiger partial charge in [-0.15, -0.1) is 0 Å². The predicted octanol–water partition coefficient (Wildman–Crippen LogP) is 5.96. The van der Waals surface area contributed by atoms with Gasteiger partial charge in [0.05, 0.1) is 25.4 Å². The average molecular weight is 794 g/mol. The van der Waals surface area contributed by atoms with Gasteiger partial charge in [-0.25, -0.2) is 4.18 Å². The number of ether oxygens (including phenoxy) is 2. The second kappa shape index (κ2) is 31.6. The van der Waals surface area contributed by atoms with Crippen molar-refractivity contribution in [2.45, 2.75) is 210 Å². The van der Waals surface area contributed by atoms with E-state index in [1.54, 1.807) is 6.08 Å². The average Bonchev–Trinajstić information content (AvgIpc) is 3.14. The maximum absolute atomic E-state index is 13.0. The topological polar surface area (TPSA) is 212 Å². The number of unbranched alkanes of at least 4 members (excludes halogenated alkanes) is 19. The first-order chi connectivity index (χ1) is 25.9. The highest BCUT2D eigenvalue weighted by Gasteiger charge is 2.48. The summed E-state index contributed by atoms with van der Waals surface area (Å²) in [5.74, 6) is -0.712. The van der Waals surface area contributed by atoms with Crippen molar-refractivity contribution in [1.82, 2.24) is 5.32 Å². The van der Waals surface area contributed by atoms with Gasteiger partial charge in [0.2, 0.25) is 5.91 Å². The van der Waals surface area contributed by atoms with Crippen LogP contribution in [0.25, 0.3) is 0 Å². The standard InChI is InChI=1S/C40H75NO12S/c1-3-5-7-9-11-12-13-14-15-16-17-18-19-20-21-23-25-27-29-34(44)39(47)41-32(33(43)28-26-24-22-10-8-6-4-2)31-51-40-37(46)38(53-54(48,49)50)36(45)35(30-42)52-40/h16-17,26,28,32-38,40,42-46H,3-15,18-25,27,29-31H2,1-2H3,(H,41,47)(H,48,49,50)/b17-16-,28-26+. The van der Waals surface area contributed by atoms with Crippen molar-refractivity contribution in [3.05, 3.63) is 24.3 Å². The maximum Gasteiger partial charge on any atom is 0.397 e. The molecular weight excluding hydrogens is 719 g/mol. The number of allylic oxidation sites excluding steroid dienone is 3. The Morgan fingerprint density at radius 3 is 1.72 bits per heavy atom. The van der Waals surface area contributed by atoms with Crippen LogP contribution in [0.3, 0.4) is 0 Å². The van der Waals surface area contributed by atoms with E-state index in [0.29, 0.717) is 12.8 Å². The SMILES string of the molecule is CCCCCCC/C=C/C(O)C(COC1OC(CO)C(O)C(OS(=O)(=O)O)C1O)NC(=O)C(O)CCCCCCCC/C=C\CCCCCCCCCC. The molecule has 1 fully saturated rings. The largest absolute Gasteiger partial charge is 0.397 e. The van der Waals surface area contributed by atoms with Gasteiger partial charge in [0.25, 0.3) is 0 Å². The minimum atomic E-state index is -5.11. The lowest BCUT2D eigenvalue weighted by molar-refractivity contribution is -0.298. The van der Waals surface area contributed by atoms with E-state index < -0.39 is 78.5 Å². The van der Waals surface area contributed by atoms with Crippen molar-refractivity contribution in [2.75, 3.05) is 13.2 Å². The van der Waals surface area contributed by atoms with Gasteiger partial charge in [0.1, 0.15) is 30.5 Å². The fourth-order valence-electron chi connectivity index (χ4n) is 6.45. The fraction of sp³-hybridized carbons (Fsp3) is 0.875. The van der Waals surface area contributed by atoms with Crippen molar-refractivity contribution >= 4 is 16.3 Å². The highest BCUT2D eigenvalue weighted by atomic mass is 32.3. The predicted molar refractivity (Wildman–Crippen MR) is 210 cm³/mol. The number of nitrogens with one attached hydrogen (secondary N) is 1. The molecule has 8 unspecified atom stereocenters. The lowest BCUT2D eigenvalue weighted by Crippen LogP contribution is -2.61. The Bertz CT molecular complexity index is 1090. The summed E-state index contributed by atoms with van der Waals surface area (Å²) in [5, 5.41) is 54.7. The highest BCUT2D eigenvalue weighted by Crippen LogP contribution is 2.26. The number of carbonyl (C=O) groups is 1. The zero-order chi connectivity index (χ0) is 40.0. The normalized spacial score (nSPS) is 22.6. The van der Waals surface area contributed by atoms with E-state index >= 15 is 0 Å². The van der Waals surface area contributed by atoms with E-state index in [0.717, 1.165) is 77.0 Å². The first-order valence-electron chi connectivity index (χ1n) is 20.8. The highest BCUT2D eigenvalue weighted by molar-refractivity contribution is 7.80. The van der Waals surface area contributed by atoms with Gasteiger partial charge in [-0.05, 0) is 44.9 Å². The molecule has 0 aromatic heterocycles. The summed E-state index contributed by atoms with van der Waals surface area (Å²) in [7, 11) is -5.11. The van der Waals surface area contributed by atoms with E-state index in [9.17, 15) is 38.7 Å². The van der Waals surface area contributed by atoms with Gasteiger partial charge in [-0.1, -0.05) is 141 Å². The van der Waals surface area contributed by atoms with Crippen LogP contribution in [-0.4, -0.2) is 107 Å². The van der Waals surface area contributed by atoms with E-state index in [1.807, 2.05) is 0 Å². The molecule has 0 aromatic rings. The molecule has 1 heterocycles. The first kappa shape index (κ1) is 50.6. The van der Waals surface area contributed by atoms with Gasteiger partial charge in [0, 0.05) is 0 Å². The summed E-state index contributed by atoms with van der Waals surface area (Å²) in [5.41, 5.74) is 0. The van der Waals surface area contributed by atoms with Crippen molar-refractivity contribution in [3.8, 4) is 0 Å². The molecule has 1 rings (SSSR count). The van der Waals surface area contributed by atoms with E-state index in [4.69, 9.17) is 14.0 Å². The second-order valence-electron chi connectivity index (χ2n) is 14.7. The smallest absolute Gasteiger partial charge is 0.394 e. The van der Waals surface area contributed by atoms with Gasteiger partial charge in [0.15, 0.2) is 6.29 Å². The molecule has 318 valence electrons. The minimum absolute atomic E-state index is 0.236. The molecule has 0 aliphatic carbocycles. The number of aliphatic hydroxyl groups excluding tert-OH is 5. The molecule has 1 saturated heterocycles. The van der Waals surface area contributed by atoms with Crippen molar-refractivity contribution in [1.29, 1.82) is 0 Å². The Morgan fingerprint density at radius 1 is 0.741 bits per heavy atom. The number of carbonyl (C=O) groups excluding carboxylic acids is 1. The summed E-state index contributed by atoms with van der Waals surface area (Å²) < 4.78 is 47.2. The van der Waals surface area contributed by atoms with Crippen LogP contribution in [0.4, 0.5) is 0 Å². The quantitative estimate of drug-likeness (QED) is 0.0229. The van der Waals surface area contributed by atoms with Crippen LogP contribution >= 0.6 is 0 Å². The van der Waals surface area contributed by atoms with Gasteiger partial charge in [-0.2, -0.15) is 8.42 Å². The third kappa shape index (κ3) is 24.2. The second-order valence-corrected chi connectivity index (χ2v) is 15.8. The summed E-state index contributed by atoms with van der Waals surface area (Å²) in [6.45, 7) is 3.11. The Kier molecular flexibility index (Phi) is 29.6. The van der Waals surface area contributed by atoms with Gasteiger partial charge < -0.3 is 40.3 Å². The molecule has 13 nitrogen and oxygen atoms in total. The van der Waals surface area contributed by atoms with Crippen molar-refractivity contribution in [3.63, 3.8) is 0 Å². The molecule has 1 aliphatic heterocycles. The van der Waals surface area contributed by atoms with Crippen LogP contribution in [0.5, 0.6) is 0 Å². The van der Waals surface area contributed by atoms with Crippen LogP contribution < -0.4 is 5.32 Å². The lowest BCUT2D eigenvalue weighted by atomic mass is 9.99. The zero-order valence-corrected chi connectivity index (χ0v) is 34.0. The van der Waals surface area contributed by atoms with Crippen LogP contribution in [0, 0.1) is 0 Å². The Balaban J connectivity index is 2.54. The molecule has 54 heavy (non-hydrogen) atoms. The molecule has 0 spiro atoms. The van der Waals surface area contributed by atoms with Crippen LogP contribution in [0.2, 0.25) is 0 Å². The number of hydrogen-bond donors (Lipinski definition) is 7. The summed E-state index contributed by atoms with van der Waals surface area (Å²) >= 11 is 0. The Morgan fingerprint density at radius 2 is 1.22 bits per heavy atom.